The van der Waals surface area contributed by atoms with Crippen LogP contribution in [0.3, 0.4) is 0 Å². The minimum atomic E-state index is -0.677. The highest BCUT2D eigenvalue weighted by molar-refractivity contribution is 6.04. The molecule has 1 aliphatic carbocycles. The lowest BCUT2D eigenvalue weighted by Crippen LogP contribution is -2.36. The second-order valence-electron chi connectivity index (χ2n) is 9.78. The van der Waals surface area contributed by atoms with Gasteiger partial charge in [0.2, 0.25) is 0 Å². The van der Waals surface area contributed by atoms with Gasteiger partial charge in [-0.15, -0.1) is 6.42 Å². The van der Waals surface area contributed by atoms with Crippen LogP contribution in [0.15, 0.2) is 95.3 Å². The summed E-state index contributed by atoms with van der Waals surface area (Å²) in [7, 11) is 1.62. The Morgan fingerprint density at radius 3 is 2.64 bits per heavy atom. The number of hydrogen-bond donors (Lipinski definition) is 2. The molecule has 3 aromatic carbocycles. The number of phenols is 1. The van der Waals surface area contributed by atoms with Crippen LogP contribution in [0.2, 0.25) is 0 Å². The van der Waals surface area contributed by atoms with Crippen molar-refractivity contribution in [3.63, 3.8) is 0 Å². The van der Waals surface area contributed by atoms with Crippen molar-refractivity contribution in [2.75, 3.05) is 7.11 Å². The average molecular weight is 520 g/mol. The molecule has 1 heterocycles. The van der Waals surface area contributed by atoms with Crippen molar-refractivity contribution in [3.8, 4) is 23.8 Å². The fraction of sp³-hybridized carbons (Fsp3) is 0.212. The van der Waals surface area contributed by atoms with Crippen molar-refractivity contribution in [1.29, 1.82) is 0 Å². The van der Waals surface area contributed by atoms with E-state index in [0.717, 1.165) is 22.6 Å². The number of carbonyl (C=O) groups excluding carboxylic acids is 2. The fourth-order valence-corrected chi connectivity index (χ4v) is 5.55. The number of dihydropyridines is 1. The number of methoxy groups -OCH3 is 1. The maximum atomic E-state index is 13.8. The first-order chi connectivity index (χ1) is 18.9. The van der Waals surface area contributed by atoms with Gasteiger partial charge >= 0.3 is 5.97 Å². The molecule has 0 spiro atoms. The number of para-hydroxylation sites is 1. The van der Waals surface area contributed by atoms with E-state index in [1.807, 2.05) is 55.5 Å². The number of ether oxygens (including phenoxy) is 2. The highest BCUT2D eigenvalue weighted by Gasteiger charge is 2.42. The molecular formula is C33H29NO5. The zero-order chi connectivity index (χ0) is 27.5. The van der Waals surface area contributed by atoms with Crippen molar-refractivity contribution in [2.45, 2.75) is 38.2 Å². The topological polar surface area (TPSA) is 84.9 Å². The summed E-state index contributed by atoms with van der Waals surface area (Å²) in [4.78, 5) is 27.4. The normalized spacial score (nSPS) is 18.6. The molecular weight excluding hydrogens is 490 g/mol. The number of rotatable bonds is 6. The number of carbonyl (C=O) groups is 2. The van der Waals surface area contributed by atoms with Crippen LogP contribution in [0, 0.1) is 12.3 Å². The summed E-state index contributed by atoms with van der Waals surface area (Å²) in [5.74, 6) is 2.03. The summed E-state index contributed by atoms with van der Waals surface area (Å²) >= 11 is 0. The van der Waals surface area contributed by atoms with Gasteiger partial charge in [-0.1, -0.05) is 48.4 Å². The van der Waals surface area contributed by atoms with Crippen LogP contribution in [-0.2, 0) is 20.9 Å². The summed E-state index contributed by atoms with van der Waals surface area (Å²) in [6.45, 7) is 1.85. The lowest BCUT2D eigenvalue weighted by Gasteiger charge is -2.37. The predicted molar refractivity (Wildman–Crippen MR) is 148 cm³/mol. The molecule has 0 aromatic heterocycles. The third kappa shape index (κ3) is 5.17. The molecule has 0 radical (unpaired) electrons. The van der Waals surface area contributed by atoms with Crippen LogP contribution in [-0.4, -0.2) is 24.0 Å². The van der Waals surface area contributed by atoms with Gasteiger partial charge in [0.1, 0.15) is 18.1 Å². The number of nitrogens with one attached hydrogen (secondary N) is 1. The van der Waals surface area contributed by atoms with Gasteiger partial charge in [0.25, 0.3) is 0 Å². The molecule has 1 aliphatic heterocycles. The van der Waals surface area contributed by atoms with Gasteiger partial charge in [-0.2, -0.15) is 0 Å². The van der Waals surface area contributed by atoms with Gasteiger partial charge in [0, 0.05) is 40.8 Å². The number of hydrogen-bond acceptors (Lipinski definition) is 6. The number of aromatic hydroxyl groups is 1. The van der Waals surface area contributed by atoms with E-state index >= 15 is 0 Å². The molecule has 0 saturated heterocycles. The lowest BCUT2D eigenvalue weighted by atomic mass is 9.71. The van der Waals surface area contributed by atoms with Crippen molar-refractivity contribution in [3.05, 3.63) is 118 Å². The second kappa shape index (κ2) is 10.9. The quantitative estimate of drug-likeness (QED) is 0.331. The summed E-state index contributed by atoms with van der Waals surface area (Å²) in [5.41, 5.74) is 5.33. The van der Waals surface area contributed by atoms with Crippen LogP contribution in [0.4, 0.5) is 0 Å². The summed E-state index contributed by atoms with van der Waals surface area (Å²) in [6.07, 6.45) is 6.36. The third-order valence-electron chi connectivity index (χ3n) is 7.29. The summed E-state index contributed by atoms with van der Waals surface area (Å²) in [6, 6.07) is 21.7. The highest BCUT2D eigenvalue weighted by Crippen LogP contribution is 2.47. The highest BCUT2D eigenvalue weighted by atomic mass is 16.5. The van der Waals surface area contributed by atoms with E-state index in [0.29, 0.717) is 34.4 Å². The molecule has 0 amide bonds. The molecule has 39 heavy (non-hydrogen) atoms. The van der Waals surface area contributed by atoms with E-state index in [2.05, 4.69) is 11.2 Å². The van der Waals surface area contributed by atoms with Gasteiger partial charge in [-0.3, -0.25) is 4.79 Å². The Kier molecular flexibility index (Phi) is 7.25. The van der Waals surface area contributed by atoms with Gasteiger partial charge in [-0.05, 0) is 60.4 Å². The van der Waals surface area contributed by atoms with E-state index in [1.165, 1.54) is 0 Å². The first kappa shape index (κ1) is 25.9. The number of Topliss-reactive ketones (excluding diaryl/α,β-unsaturated/α-hetero) is 1. The van der Waals surface area contributed by atoms with Gasteiger partial charge in [0.05, 0.1) is 12.7 Å². The first-order valence-electron chi connectivity index (χ1n) is 12.8. The van der Waals surface area contributed by atoms with Gasteiger partial charge in [-0.25, -0.2) is 4.79 Å². The fourth-order valence-electron chi connectivity index (χ4n) is 5.55. The Bertz CT molecular complexity index is 1560. The maximum Gasteiger partial charge on any atom is 0.337 e. The average Bonchev–Trinajstić information content (AvgIpc) is 2.95. The minimum absolute atomic E-state index is 0.0353. The monoisotopic (exact) mass is 519 g/mol. The molecule has 6 nitrogen and oxygen atoms in total. The number of allylic oxidation sites excluding steroid dienone is 3. The predicted octanol–water partition coefficient (Wildman–Crippen LogP) is 5.49. The molecule has 196 valence electrons. The Morgan fingerprint density at radius 1 is 1.08 bits per heavy atom. The molecule has 0 bridgehead atoms. The van der Waals surface area contributed by atoms with Crippen molar-refractivity contribution < 1.29 is 24.2 Å². The number of esters is 1. The largest absolute Gasteiger partial charge is 0.508 e. The Hall–Kier alpha value is -4.76. The van der Waals surface area contributed by atoms with Crippen LogP contribution >= 0.6 is 0 Å². The van der Waals surface area contributed by atoms with E-state index in [-0.39, 0.29) is 30.5 Å². The van der Waals surface area contributed by atoms with Crippen molar-refractivity contribution >= 4 is 11.8 Å². The van der Waals surface area contributed by atoms with Gasteiger partial charge < -0.3 is 19.9 Å². The molecule has 5 rings (SSSR count). The number of terminal acetylenes is 1. The van der Waals surface area contributed by atoms with E-state index in [1.54, 1.807) is 31.4 Å². The van der Waals surface area contributed by atoms with Gasteiger partial charge in [0.15, 0.2) is 5.78 Å². The molecule has 0 fully saturated rings. The van der Waals surface area contributed by atoms with E-state index in [9.17, 15) is 14.7 Å². The number of phenolic OH excluding ortho intramolecular Hbond substituents is 1. The van der Waals surface area contributed by atoms with E-state index < -0.39 is 11.9 Å². The summed E-state index contributed by atoms with van der Waals surface area (Å²) < 4.78 is 11.3. The third-order valence-corrected chi connectivity index (χ3v) is 7.29. The smallest absolute Gasteiger partial charge is 0.337 e. The molecule has 3 aromatic rings. The number of benzene rings is 3. The molecule has 2 atom stereocenters. The zero-order valence-corrected chi connectivity index (χ0v) is 21.9. The SMILES string of the molecule is C#Cc1cccc(COC(=O)C2=C(C)NC3=C(C(=O)C[C@H](c4ccccc4OC)C3)[C@@H]2c2cccc(O)c2)c1. The number of ketones is 1. The summed E-state index contributed by atoms with van der Waals surface area (Å²) in [5, 5.41) is 13.6. The van der Waals surface area contributed by atoms with Crippen LogP contribution in [0.25, 0.3) is 0 Å². The standard InChI is InChI=1S/C33H29NO5/c1-4-21-9-7-10-22(15-21)19-39-33(37)30-20(2)34-27-17-24(26-13-5-6-14-29(26)38-3)18-28(36)32(27)31(30)23-11-8-12-25(35)16-23/h1,5-16,24,31,34-35H,17-19H2,2-3H3/t24-,31-/m1/s1. The molecule has 2 aliphatic rings. The Balaban J connectivity index is 1.51. The zero-order valence-electron chi connectivity index (χ0n) is 21.9. The second-order valence-corrected chi connectivity index (χ2v) is 9.78. The van der Waals surface area contributed by atoms with Crippen LogP contribution in [0.5, 0.6) is 11.5 Å². The molecule has 0 unspecified atom stereocenters. The van der Waals surface area contributed by atoms with E-state index in [4.69, 9.17) is 15.9 Å². The van der Waals surface area contributed by atoms with Crippen LogP contribution in [0.1, 0.15) is 53.9 Å². The van der Waals surface area contributed by atoms with Crippen molar-refractivity contribution in [1.82, 2.24) is 5.32 Å². The Labute approximate surface area is 228 Å². The molecule has 0 saturated carbocycles. The maximum absolute atomic E-state index is 13.8. The Morgan fingerprint density at radius 2 is 1.87 bits per heavy atom. The van der Waals surface area contributed by atoms with Crippen LogP contribution < -0.4 is 10.1 Å². The molecule has 6 heteroatoms. The molecule has 2 N–H and O–H groups in total. The minimum Gasteiger partial charge on any atom is -0.508 e. The first-order valence-corrected chi connectivity index (χ1v) is 12.8. The lowest BCUT2D eigenvalue weighted by molar-refractivity contribution is -0.140. The van der Waals surface area contributed by atoms with Crippen molar-refractivity contribution in [2.24, 2.45) is 0 Å².